The molecule has 0 bridgehead atoms. The number of halogens is 3. The van der Waals surface area contributed by atoms with Gasteiger partial charge in [0.05, 0.1) is 0 Å². The summed E-state index contributed by atoms with van der Waals surface area (Å²) >= 11 is 5.70. The van der Waals surface area contributed by atoms with Crippen molar-refractivity contribution in [2.45, 2.75) is 25.9 Å². The van der Waals surface area contributed by atoms with Gasteiger partial charge >= 0.3 is 0 Å². The maximum absolute atomic E-state index is 13.2. The Morgan fingerprint density at radius 2 is 2.00 bits per heavy atom. The van der Waals surface area contributed by atoms with Crippen molar-refractivity contribution in [2.75, 3.05) is 5.88 Å². The van der Waals surface area contributed by atoms with Gasteiger partial charge in [-0.3, -0.25) is 0 Å². The van der Waals surface area contributed by atoms with Crippen LogP contribution in [0.25, 0.3) is 0 Å². The molecule has 1 N–H and O–H groups in total. The molecule has 15 heavy (non-hydrogen) atoms. The summed E-state index contributed by atoms with van der Waals surface area (Å²) in [5.74, 6) is -1.21. The predicted octanol–water partition coefficient (Wildman–Crippen LogP) is 3.07. The van der Waals surface area contributed by atoms with E-state index < -0.39 is 11.6 Å². The van der Waals surface area contributed by atoms with Crippen LogP contribution < -0.4 is 5.32 Å². The standard InChI is InChI=1S/C11H14ClF2N/c1-11(2,7-12)15-6-8-4-3-5-9(13)10(8)14/h3-5,15H,6-7H2,1-2H3. The number of hydrogen-bond donors (Lipinski definition) is 1. The molecule has 1 aromatic carbocycles. The summed E-state index contributed by atoms with van der Waals surface area (Å²) in [5, 5.41) is 3.05. The first-order valence-electron chi connectivity index (χ1n) is 4.70. The van der Waals surface area contributed by atoms with Gasteiger partial charge < -0.3 is 5.32 Å². The van der Waals surface area contributed by atoms with Crippen LogP contribution in [0.4, 0.5) is 8.78 Å². The highest BCUT2D eigenvalue weighted by Gasteiger charge is 2.16. The van der Waals surface area contributed by atoms with Gasteiger partial charge in [-0.05, 0) is 19.9 Å². The van der Waals surface area contributed by atoms with Crippen LogP contribution in [0.15, 0.2) is 18.2 Å². The highest BCUT2D eigenvalue weighted by Crippen LogP contribution is 2.13. The van der Waals surface area contributed by atoms with E-state index in [0.29, 0.717) is 11.4 Å². The first-order chi connectivity index (χ1) is 6.96. The van der Waals surface area contributed by atoms with E-state index in [1.54, 1.807) is 6.07 Å². The summed E-state index contributed by atoms with van der Waals surface area (Å²) in [5.41, 5.74) is 0.0218. The van der Waals surface area contributed by atoms with Crippen molar-refractivity contribution >= 4 is 11.6 Å². The summed E-state index contributed by atoms with van der Waals surface area (Å²) in [6, 6.07) is 4.14. The number of alkyl halides is 1. The molecule has 1 nitrogen and oxygen atoms in total. The molecule has 0 aliphatic heterocycles. The van der Waals surface area contributed by atoms with Gasteiger partial charge in [-0.15, -0.1) is 11.6 Å². The third kappa shape index (κ3) is 3.43. The fourth-order valence-corrected chi connectivity index (χ4v) is 1.16. The van der Waals surface area contributed by atoms with Gasteiger partial charge in [0.1, 0.15) is 0 Å². The van der Waals surface area contributed by atoms with Crippen LogP contribution in [-0.2, 0) is 6.54 Å². The molecule has 0 saturated heterocycles. The second-order valence-electron chi connectivity index (χ2n) is 4.08. The molecule has 0 atom stereocenters. The summed E-state index contributed by atoms with van der Waals surface area (Å²) < 4.78 is 26.1. The van der Waals surface area contributed by atoms with Crippen LogP contribution in [0.5, 0.6) is 0 Å². The lowest BCUT2D eigenvalue weighted by atomic mass is 10.1. The molecule has 0 aliphatic rings. The monoisotopic (exact) mass is 233 g/mol. The summed E-state index contributed by atoms with van der Waals surface area (Å²) in [4.78, 5) is 0. The molecule has 0 fully saturated rings. The maximum atomic E-state index is 13.2. The van der Waals surface area contributed by atoms with Crippen molar-refractivity contribution in [3.63, 3.8) is 0 Å². The Morgan fingerprint density at radius 3 is 2.60 bits per heavy atom. The minimum Gasteiger partial charge on any atom is -0.306 e. The summed E-state index contributed by atoms with van der Waals surface area (Å²) in [6.45, 7) is 4.07. The lowest BCUT2D eigenvalue weighted by molar-refractivity contribution is 0.417. The molecule has 0 aromatic heterocycles. The molecular formula is C11H14ClF2N. The number of rotatable bonds is 4. The Hall–Kier alpha value is -0.670. The normalized spacial score (nSPS) is 11.8. The zero-order valence-electron chi connectivity index (χ0n) is 8.78. The van der Waals surface area contributed by atoms with Gasteiger partial charge in [0, 0.05) is 23.5 Å². The van der Waals surface area contributed by atoms with Crippen molar-refractivity contribution in [3.8, 4) is 0 Å². The van der Waals surface area contributed by atoms with E-state index in [-0.39, 0.29) is 12.1 Å². The molecule has 0 aliphatic carbocycles. The Bertz CT molecular complexity index is 339. The molecule has 0 radical (unpaired) electrons. The summed E-state index contributed by atoms with van der Waals surface area (Å²) in [7, 11) is 0. The topological polar surface area (TPSA) is 12.0 Å². The van der Waals surface area contributed by atoms with Gasteiger partial charge in [-0.25, -0.2) is 8.78 Å². The second-order valence-corrected chi connectivity index (χ2v) is 4.35. The van der Waals surface area contributed by atoms with E-state index in [1.807, 2.05) is 13.8 Å². The van der Waals surface area contributed by atoms with Crippen molar-refractivity contribution in [1.29, 1.82) is 0 Å². The third-order valence-electron chi connectivity index (χ3n) is 2.12. The van der Waals surface area contributed by atoms with E-state index in [0.717, 1.165) is 6.07 Å². The first kappa shape index (κ1) is 12.4. The van der Waals surface area contributed by atoms with Crippen molar-refractivity contribution < 1.29 is 8.78 Å². The van der Waals surface area contributed by atoms with Gasteiger partial charge in [-0.1, -0.05) is 12.1 Å². The Balaban J connectivity index is 2.70. The van der Waals surface area contributed by atoms with Crippen molar-refractivity contribution in [1.82, 2.24) is 5.32 Å². The molecule has 0 spiro atoms. The van der Waals surface area contributed by atoms with E-state index in [4.69, 9.17) is 11.6 Å². The van der Waals surface area contributed by atoms with E-state index in [9.17, 15) is 8.78 Å². The lowest BCUT2D eigenvalue weighted by Crippen LogP contribution is -2.40. The van der Waals surface area contributed by atoms with Gasteiger partial charge in [0.25, 0.3) is 0 Å². The average Bonchev–Trinajstić information content (AvgIpc) is 2.20. The third-order valence-corrected chi connectivity index (χ3v) is 2.79. The fourth-order valence-electron chi connectivity index (χ4n) is 1.07. The Labute approximate surface area is 93.4 Å². The van der Waals surface area contributed by atoms with Gasteiger partial charge in [0.15, 0.2) is 11.6 Å². The van der Waals surface area contributed by atoms with Crippen molar-refractivity contribution in [3.05, 3.63) is 35.4 Å². The minimum atomic E-state index is -0.821. The van der Waals surface area contributed by atoms with E-state index >= 15 is 0 Å². The van der Waals surface area contributed by atoms with Crippen LogP contribution in [-0.4, -0.2) is 11.4 Å². The second kappa shape index (κ2) is 4.90. The van der Waals surface area contributed by atoms with Crippen LogP contribution in [0, 0.1) is 11.6 Å². The minimum absolute atomic E-state index is 0.267. The molecule has 0 heterocycles. The largest absolute Gasteiger partial charge is 0.306 e. The predicted molar refractivity (Wildman–Crippen MR) is 58.0 cm³/mol. The zero-order valence-corrected chi connectivity index (χ0v) is 9.54. The molecule has 1 aromatic rings. The SMILES string of the molecule is CC(C)(CCl)NCc1cccc(F)c1F. The van der Waals surface area contributed by atoms with Gasteiger partial charge in [-0.2, -0.15) is 0 Å². The zero-order chi connectivity index (χ0) is 11.5. The molecule has 84 valence electrons. The lowest BCUT2D eigenvalue weighted by Gasteiger charge is -2.23. The molecule has 0 unspecified atom stereocenters. The molecule has 0 saturated carbocycles. The fraction of sp³-hybridized carbons (Fsp3) is 0.455. The number of hydrogen-bond acceptors (Lipinski definition) is 1. The number of nitrogens with one attached hydrogen (secondary N) is 1. The first-order valence-corrected chi connectivity index (χ1v) is 5.23. The summed E-state index contributed by atoms with van der Waals surface area (Å²) in [6.07, 6.45) is 0. The highest BCUT2D eigenvalue weighted by atomic mass is 35.5. The molecule has 0 amide bonds. The maximum Gasteiger partial charge on any atom is 0.163 e. The molecule has 1 rings (SSSR count). The van der Waals surface area contributed by atoms with Gasteiger partial charge in [0.2, 0.25) is 0 Å². The van der Waals surface area contributed by atoms with E-state index in [2.05, 4.69) is 5.32 Å². The Morgan fingerprint density at radius 1 is 1.33 bits per heavy atom. The average molecular weight is 234 g/mol. The van der Waals surface area contributed by atoms with Crippen LogP contribution >= 0.6 is 11.6 Å². The van der Waals surface area contributed by atoms with Crippen LogP contribution in [0.1, 0.15) is 19.4 Å². The Kier molecular flexibility index (Phi) is 4.05. The van der Waals surface area contributed by atoms with Crippen LogP contribution in [0.3, 0.4) is 0 Å². The highest BCUT2D eigenvalue weighted by molar-refractivity contribution is 6.18. The molecule has 4 heteroatoms. The number of benzene rings is 1. The smallest absolute Gasteiger partial charge is 0.163 e. The van der Waals surface area contributed by atoms with Crippen molar-refractivity contribution in [2.24, 2.45) is 0 Å². The van der Waals surface area contributed by atoms with E-state index in [1.165, 1.54) is 6.07 Å². The quantitative estimate of drug-likeness (QED) is 0.789. The van der Waals surface area contributed by atoms with Crippen LogP contribution in [0.2, 0.25) is 0 Å². The molecular weight excluding hydrogens is 220 g/mol.